The van der Waals surface area contributed by atoms with Gasteiger partial charge in [-0.25, -0.2) is 4.99 Å². The average molecular weight is 501 g/mol. The number of H-pyrrole nitrogens is 1. The van der Waals surface area contributed by atoms with Gasteiger partial charge in [-0.2, -0.15) is 0 Å². The van der Waals surface area contributed by atoms with E-state index in [1.165, 1.54) is 11.1 Å². The third-order valence-corrected chi connectivity index (χ3v) is 4.11. The highest BCUT2D eigenvalue weighted by Crippen LogP contribution is 2.14. The number of nitrogens with one attached hydrogen (secondary N) is 3. The Morgan fingerprint density at radius 3 is 2.68 bits per heavy atom. The number of amides is 1. The zero-order valence-corrected chi connectivity index (χ0v) is 19.3. The molecule has 2 aromatic rings. The van der Waals surface area contributed by atoms with E-state index in [-0.39, 0.29) is 36.4 Å². The van der Waals surface area contributed by atoms with Crippen LogP contribution in [0.15, 0.2) is 35.3 Å². The van der Waals surface area contributed by atoms with Crippen LogP contribution in [-0.2, 0) is 16.0 Å². The SMILES string of the molecule is CCOCCCNC(=NCC(=O)N(C)C)NCCc1cc2ccccc2[nH]1.I. The van der Waals surface area contributed by atoms with E-state index in [4.69, 9.17) is 4.74 Å². The lowest BCUT2D eigenvalue weighted by Crippen LogP contribution is -2.40. The molecule has 7 nitrogen and oxygen atoms in total. The fraction of sp³-hybridized carbons (Fsp3) is 0.500. The minimum Gasteiger partial charge on any atom is -0.382 e. The summed E-state index contributed by atoms with van der Waals surface area (Å²) in [7, 11) is 3.47. The van der Waals surface area contributed by atoms with E-state index < -0.39 is 0 Å². The Hall–Kier alpha value is -1.81. The van der Waals surface area contributed by atoms with Crippen molar-refractivity contribution < 1.29 is 9.53 Å². The van der Waals surface area contributed by atoms with Crippen LogP contribution >= 0.6 is 24.0 Å². The van der Waals surface area contributed by atoms with Gasteiger partial charge in [0, 0.05) is 58.0 Å². The fourth-order valence-electron chi connectivity index (χ4n) is 2.57. The van der Waals surface area contributed by atoms with Crippen LogP contribution in [0.25, 0.3) is 10.9 Å². The number of ether oxygens (including phenoxy) is 1. The van der Waals surface area contributed by atoms with E-state index in [0.717, 1.165) is 38.1 Å². The number of fused-ring (bicyclic) bond motifs is 1. The molecule has 0 aliphatic heterocycles. The number of carbonyl (C=O) groups is 1. The van der Waals surface area contributed by atoms with Crippen LogP contribution in [0.2, 0.25) is 0 Å². The second kappa shape index (κ2) is 13.4. The fourth-order valence-corrected chi connectivity index (χ4v) is 2.57. The molecule has 1 aromatic carbocycles. The van der Waals surface area contributed by atoms with E-state index in [1.807, 2.05) is 19.1 Å². The molecule has 1 heterocycles. The molecule has 0 saturated carbocycles. The van der Waals surface area contributed by atoms with Crippen LogP contribution in [0.4, 0.5) is 0 Å². The number of aromatic amines is 1. The predicted molar refractivity (Wildman–Crippen MR) is 126 cm³/mol. The third-order valence-electron chi connectivity index (χ3n) is 4.11. The number of guanidine groups is 1. The van der Waals surface area contributed by atoms with Crippen molar-refractivity contribution in [2.24, 2.45) is 4.99 Å². The van der Waals surface area contributed by atoms with Gasteiger partial charge >= 0.3 is 0 Å². The first-order valence-electron chi connectivity index (χ1n) is 9.47. The Balaban J connectivity index is 0.00000392. The van der Waals surface area contributed by atoms with E-state index >= 15 is 0 Å². The maximum atomic E-state index is 11.8. The van der Waals surface area contributed by atoms with Crippen molar-refractivity contribution in [3.8, 4) is 0 Å². The standard InChI is InChI=1S/C20H31N5O2.HI/c1-4-27-13-7-11-21-20(23-15-19(26)25(2)3)22-12-10-17-14-16-8-5-6-9-18(16)24-17;/h5-6,8-9,14,24H,4,7,10-13,15H2,1-3H3,(H2,21,22,23);1H. The molecule has 0 bridgehead atoms. The molecular weight excluding hydrogens is 469 g/mol. The minimum atomic E-state index is -0.0268. The van der Waals surface area contributed by atoms with Gasteiger partial charge in [0.25, 0.3) is 0 Å². The maximum absolute atomic E-state index is 11.8. The van der Waals surface area contributed by atoms with Gasteiger partial charge in [-0.3, -0.25) is 4.79 Å². The Bertz CT molecular complexity index is 712. The first-order chi connectivity index (χ1) is 13.1. The first-order valence-corrected chi connectivity index (χ1v) is 9.47. The molecule has 1 amide bonds. The summed E-state index contributed by atoms with van der Waals surface area (Å²) in [6.07, 6.45) is 1.73. The quantitative estimate of drug-likeness (QED) is 0.202. The number of likely N-dealkylation sites (N-methyl/N-ethyl adjacent to an activating group) is 1. The van der Waals surface area contributed by atoms with Crippen LogP contribution in [0.5, 0.6) is 0 Å². The molecule has 1 aromatic heterocycles. The van der Waals surface area contributed by atoms with Gasteiger partial charge in [0.05, 0.1) is 0 Å². The van der Waals surface area contributed by atoms with Crippen molar-refractivity contribution in [1.82, 2.24) is 20.5 Å². The van der Waals surface area contributed by atoms with Crippen LogP contribution in [0.3, 0.4) is 0 Å². The number of aromatic nitrogens is 1. The lowest BCUT2D eigenvalue weighted by molar-refractivity contribution is -0.127. The Kier molecular flexibility index (Phi) is 11.6. The summed E-state index contributed by atoms with van der Waals surface area (Å²) in [5, 5.41) is 7.78. The van der Waals surface area contributed by atoms with E-state index in [2.05, 4.69) is 38.8 Å². The number of aliphatic imine (C=N–C) groups is 1. The molecule has 2 rings (SSSR count). The minimum absolute atomic E-state index is 0. The summed E-state index contributed by atoms with van der Waals surface area (Å²) in [5.74, 6) is 0.624. The zero-order chi connectivity index (χ0) is 19.5. The molecule has 0 aliphatic rings. The lowest BCUT2D eigenvalue weighted by Gasteiger charge is -2.13. The summed E-state index contributed by atoms with van der Waals surface area (Å²) in [5.41, 5.74) is 2.32. The highest BCUT2D eigenvalue weighted by atomic mass is 127. The second-order valence-electron chi connectivity index (χ2n) is 6.49. The van der Waals surface area contributed by atoms with Crippen molar-refractivity contribution in [2.75, 3.05) is 46.9 Å². The van der Waals surface area contributed by atoms with Gasteiger partial charge in [0.15, 0.2) is 5.96 Å². The summed E-state index contributed by atoms with van der Waals surface area (Å²) in [4.78, 5) is 21.1. The molecule has 156 valence electrons. The first kappa shape index (κ1) is 24.2. The Labute approximate surface area is 184 Å². The molecule has 0 atom stereocenters. The summed E-state index contributed by atoms with van der Waals surface area (Å²) in [6.45, 7) is 5.01. The molecule has 0 saturated heterocycles. The number of halogens is 1. The average Bonchev–Trinajstić information content (AvgIpc) is 3.07. The van der Waals surface area contributed by atoms with E-state index in [1.54, 1.807) is 19.0 Å². The zero-order valence-electron chi connectivity index (χ0n) is 17.0. The topological polar surface area (TPSA) is 81.8 Å². The van der Waals surface area contributed by atoms with E-state index in [0.29, 0.717) is 12.6 Å². The predicted octanol–water partition coefficient (Wildman–Crippen LogP) is 2.38. The van der Waals surface area contributed by atoms with Gasteiger partial charge in [-0.05, 0) is 30.9 Å². The Morgan fingerprint density at radius 1 is 1.21 bits per heavy atom. The highest BCUT2D eigenvalue weighted by Gasteiger charge is 2.05. The lowest BCUT2D eigenvalue weighted by atomic mass is 10.2. The number of hydrogen-bond donors (Lipinski definition) is 3. The van der Waals surface area contributed by atoms with Crippen molar-refractivity contribution in [3.63, 3.8) is 0 Å². The van der Waals surface area contributed by atoms with Crippen LogP contribution in [-0.4, -0.2) is 68.7 Å². The summed E-state index contributed by atoms with van der Waals surface area (Å²) < 4.78 is 5.35. The number of benzene rings is 1. The summed E-state index contributed by atoms with van der Waals surface area (Å²) >= 11 is 0. The molecule has 3 N–H and O–H groups in total. The number of carbonyl (C=O) groups excluding carboxylic acids is 1. The van der Waals surface area contributed by atoms with Crippen LogP contribution in [0, 0.1) is 0 Å². The molecule has 0 aliphatic carbocycles. The maximum Gasteiger partial charge on any atom is 0.243 e. The van der Waals surface area contributed by atoms with Gasteiger partial charge in [0.2, 0.25) is 5.91 Å². The molecular formula is C20H32IN5O2. The molecule has 0 fully saturated rings. The molecule has 0 radical (unpaired) electrons. The van der Waals surface area contributed by atoms with Crippen molar-refractivity contribution >= 4 is 46.7 Å². The third kappa shape index (κ3) is 8.47. The smallest absolute Gasteiger partial charge is 0.243 e. The van der Waals surface area contributed by atoms with Crippen LogP contribution < -0.4 is 10.6 Å². The van der Waals surface area contributed by atoms with Gasteiger partial charge in [0.1, 0.15) is 6.54 Å². The second-order valence-corrected chi connectivity index (χ2v) is 6.49. The van der Waals surface area contributed by atoms with Crippen molar-refractivity contribution in [2.45, 2.75) is 19.8 Å². The number of nitrogens with zero attached hydrogens (tertiary/aromatic N) is 2. The molecule has 28 heavy (non-hydrogen) atoms. The highest BCUT2D eigenvalue weighted by molar-refractivity contribution is 14.0. The van der Waals surface area contributed by atoms with Gasteiger partial charge < -0.3 is 25.3 Å². The molecule has 0 spiro atoms. The Morgan fingerprint density at radius 2 is 1.96 bits per heavy atom. The van der Waals surface area contributed by atoms with Crippen LogP contribution in [0.1, 0.15) is 19.0 Å². The van der Waals surface area contributed by atoms with Gasteiger partial charge in [-0.1, -0.05) is 18.2 Å². The monoisotopic (exact) mass is 501 g/mol. The van der Waals surface area contributed by atoms with Crippen molar-refractivity contribution in [1.29, 1.82) is 0 Å². The largest absolute Gasteiger partial charge is 0.382 e. The van der Waals surface area contributed by atoms with Crippen molar-refractivity contribution in [3.05, 3.63) is 36.0 Å². The van der Waals surface area contributed by atoms with Gasteiger partial charge in [-0.15, -0.1) is 24.0 Å². The normalized spacial score (nSPS) is 11.2. The molecule has 8 heteroatoms. The molecule has 0 unspecified atom stereocenters. The number of rotatable bonds is 10. The number of hydrogen-bond acceptors (Lipinski definition) is 3. The van der Waals surface area contributed by atoms with E-state index in [9.17, 15) is 4.79 Å². The summed E-state index contributed by atoms with van der Waals surface area (Å²) in [6, 6.07) is 10.4. The number of para-hydroxylation sites is 1.